The summed E-state index contributed by atoms with van der Waals surface area (Å²) in [5.74, 6) is 1.82. The van der Waals surface area contributed by atoms with E-state index in [4.69, 9.17) is 28.5 Å². The van der Waals surface area contributed by atoms with Gasteiger partial charge < -0.3 is 23.5 Å². The third-order valence-electron chi connectivity index (χ3n) is 5.77. The van der Waals surface area contributed by atoms with E-state index in [9.17, 15) is 4.79 Å². The van der Waals surface area contributed by atoms with Crippen molar-refractivity contribution >= 4 is 16.9 Å². The first-order chi connectivity index (χ1) is 18.1. The molecule has 0 aliphatic rings. The summed E-state index contributed by atoms with van der Waals surface area (Å²) in [6.45, 7) is -0.196. The molecule has 2 aromatic heterocycles. The van der Waals surface area contributed by atoms with Crippen LogP contribution in [-0.2, 0) is 11.3 Å². The minimum atomic E-state index is -0.532. The third-order valence-corrected chi connectivity index (χ3v) is 5.77. The average molecular weight is 498 g/mol. The molecule has 0 aliphatic heterocycles. The Hall–Kier alpha value is -4.92. The first-order valence-electron chi connectivity index (χ1n) is 11.4. The predicted molar refractivity (Wildman–Crippen MR) is 136 cm³/mol. The first kappa shape index (κ1) is 23.8. The van der Waals surface area contributed by atoms with Gasteiger partial charge in [-0.1, -0.05) is 23.4 Å². The normalized spacial score (nSPS) is 10.8. The topological polar surface area (TPSA) is 106 Å². The number of pyridine rings is 1. The lowest BCUT2D eigenvalue weighted by molar-refractivity contribution is 0.0432. The number of carbonyl (C=O) groups is 1. The summed E-state index contributed by atoms with van der Waals surface area (Å²) in [6, 6.07) is 21.8. The molecule has 3 aromatic carbocycles. The van der Waals surface area contributed by atoms with Gasteiger partial charge in [0, 0.05) is 17.0 Å². The Morgan fingerprint density at radius 2 is 1.59 bits per heavy atom. The highest BCUT2D eigenvalue weighted by atomic mass is 16.6. The fraction of sp³-hybridized carbons (Fsp3) is 0.143. The fourth-order valence-electron chi connectivity index (χ4n) is 3.87. The molecule has 0 bridgehead atoms. The number of benzene rings is 3. The lowest BCUT2D eigenvalue weighted by Crippen LogP contribution is -2.07. The van der Waals surface area contributed by atoms with Gasteiger partial charge in [0.25, 0.3) is 5.89 Å². The number of para-hydroxylation sites is 1. The number of esters is 1. The number of carbonyl (C=O) groups excluding carboxylic acids is 1. The molecule has 0 radical (unpaired) electrons. The van der Waals surface area contributed by atoms with Crippen LogP contribution in [0, 0.1) is 0 Å². The number of nitrogens with zero attached hydrogens (tertiary/aromatic N) is 3. The zero-order valence-electron chi connectivity index (χ0n) is 20.4. The molecule has 186 valence electrons. The summed E-state index contributed by atoms with van der Waals surface area (Å²) in [7, 11) is 4.72. The van der Waals surface area contributed by atoms with Crippen LogP contribution in [0.3, 0.4) is 0 Å². The second kappa shape index (κ2) is 10.4. The number of hydrogen-bond donors (Lipinski definition) is 0. The minimum Gasteiger partial charge on any atom is -0.497 e. The molecule has 0 fully saturated rings. The smallest absolute Gasteiger partial charge is 0.339 e. The minimum absolute atomic E-state index is 0.148. The molecule has 0 amide bonds. The van der Waals surface area contributed by atoms with Gasteiger partial charge in [-0.15, -0.1) is 0 Å². The van der Waals surface area contributed by atoms with Crippen LogP contribution in [0.15, 0.2) is 77.3 Å². The van der Waals surface area contributed by atoms with Gasteiger partial charge in [-0.05, 0) is 48.5 Å². The van der Waals surface area contributed by atoms with Crippen LogP contribution >= 0.6 is 0 Å². The van der Waals surface area contributed by atoms with Crippen LogP contribution in [0.5, 0.6) is 17.2 Å². The van der Waals surface area contributed by atoms with E-state index in [1.807, 2.05) is 48.5 Å². The van der Waals surface area contributed by atoms with Crippen LogP contribution in [0.2, 0.25) is 0 Å². The highest BCUT2D eigenvalue weighted by Crippen LogP contribution is 2.32. The molecule has 0 N–H and O–H groups in total. The van der Waals surface area contributed by atoms with Crippen molar-refractivity contribution in [1.82, 2.24) is 15.1 Å². The second-order valence-electron chi connectivity index (χ2n) is 7.95. The number of aromatic nitrogens is 3. The molecule has 5 rings (SSSR count). The molecular formula is C28H23N3O6. The van der Waals surface area contributed by atoms with E-state index in [1.165, 1.54) is 0 Å². The Labute approximate surface area is 212 Å². The van der Waals surface area contributed by atoms with Crippen LogP contribution in [-0.4, -0.2) is 42.4 Å². The van der Waals surface area contributed by atoms with E-state index in [0.29, 0.717) is 45.0 Å². The van der Waals surface area contributed by atoms with Crippen molar-refractivity contribution in [2.75, 3.05) is 21.3 Å². The predicted octanol–water partition coefficient (Wildman–Crippen LogP) is 5.33. The van der Waals surface area contributed by atoms with Gasteiger partial charge in [-0.2, -0.15) is 4.98 Å². The van der Waals surface area contributed by atoms with Crippen molar-refractivity contribution in [3.8, 4) is 39.9 Å². The molecular weight excluding hydrogens is 474 g/mol. The molecule has 9 nitrogen and oxygen atoms in total. The molecule has 0 spiro atoms. The molecule has 9 heteroatoms. The summed E-state index contributed by atoms with van der Waals surface area (Å²) < 4.78 is 26.7. The van der Waals surface area contributed by atoms with E-state index in [1.54, 1.807) is 45.6 Å². The number of ether oxygens (including phenoxy) is 4. The Balaban J connectivity index is 1.39. The standard InChI is InChI=1S/C28H23N3O6/c1-33-18-10-8-17(9-11-18)24-15-22(20-6-4-5-7-23(20)29-24)28(32)36-16-26-30-27(31-37-26)21-13-12-19(34-2)14-25(21)35-3/h4-15H,16H2,1-3H3. The number of fused-ring (bicyclic) bond motifs is 1. The van der Waals surface area contributed by atoms with Crippen LogP contribution < -0.4 is 14.2 Å². The van der Waals surface area contributed by atoms with Crippen molar-refractivity contribution in [3.63, 3.8) is 0 Å². The van der Waals surface area contributed by atoms with Gasteiger partial charge >= 0.3 is 5.97 Å². The van der Waals surface area contributed by atoms with Crippen LogP contribution in [0.1, 0.15) is 16.2 Å². The van der Waals surface area contributed by atoms with Crippen molar-refractivity contribution < 1.29 is 28.3 Å². The van der Waals surface area contributed by atoms with E-state index >= 15 is 0 Å². The molecule has 0 saturated heterocycles. The van der Waals surface area contributed by atoms with Gasteiger partial charge in [0.1, 0.15) is 17.2 Å². The van der Waals surface area contributed by atoms with E-state index in [0.717, 1.165) is 11.3 Å². The molecule has 0 saturated carbocycles. The average Bonchev–Trinajstić information content (AvgIpc) is 3.43. The zero-order valence-corrected chi connectivity index (χ0v) is 20.4. The van der Waals surface area contributed by atoms with Crippen LogP contribution in [0.4, 0.5) is 0 Å². The van der Waals surface area contributed by atoms with Gasteiger partial charge in [0.2, 0.25) is 5.82 Å². The Kier molecular flexibility index (Phi) is 6.67. The Morgan fingerprint density at radius 3 is 2.35 bits per heavy atom. The number of methoxy groups -OCH3 is 3. The highest BCUT2D eigenvalue weighted by Gasteiger charge is 2.19. The lowest BCUT2D eigenvalue weighted by Gasteiger charge is -2.10. The van der Waals surface area contributed by atoms with Gasteiger partial charge in [0.15, 0.2) is 6.61 Å². The van der Waals surface area contributed by atoms with E-state index in [-0.39, 0.29) is 12.5 Å². The first-order valence-corrected chi connectivity index (χ1v) is 11.4. The summed E-state index contributed by atoms with van der Waals surface area (Å²) in [6.07, 6.45) is 0. The van der Waals surface area contributed by atoms with Crippen molar-refractivity contribution in [3.05, 3.63) is 84.3 Å². The largest absolute Gasteiger partial charge is 0.497 e. The zero-order chi connectivity index (χ0) is 25.8. The third kappa shape index (κ3) is 4.92. The molecule has 2 heterocycles. The summed E-state index contributed by atoms with van der Waals surface area (Å²) in [5.41, 5.74) is 3.16. The Bertz CT molecular complexity index is 1560. The molecule has 0 aliphatic carbocycles. The maximum atomic E-state index is 13.2. The number of rotatable bonds is 8. The molecule has 5 aromatic rings. The van der Waals surface area contributed by atoms with E-state index < -0.39 is 5.97 Å². The fourth-order valence-corrected chi connectivity index (χ4v) is 3.87. The Morgan fingerprint density at radius 1 is 0.838 bits per heavy atom. The maximum absolute atomic E-state index is 13.2. The summed E-state index contributed by atoms with van der Waals surface area (Å²) in [4.78, 5) is 22.2. The van der Waals surface area contributed by atoms with Crippen molar-refractivity contribution in [1.29, 1.82) is 0 Å². The summed E-state index contributed by atoms with van der Waals surface area (Å²) >= 11 is 0. The van der Waals surface area contributed by atoms with Crippen molar-refractivity contribution in [2.24, 2.45) is 0 Å². The van der Waals surface area contributed by atoms with E-state index in [2.05, 4.69) is 10.1 Å². The van der Waals surface area contributed by atoms with Gasteiger partial charge in [-0.3, -0.25) is 0 Å². The quantitative estimate of drug-likeness (QED) is 0.263. The maximum Gasteiger partial charge on any atom is 0.339 e. The number of hydrogen-bond acceptors (Lipinski definition) is 9. The van der Waals surface area contributed by atoms with Gasteiger partial charge in [0.05, 0.1) is 43.7 Å². The second-order valence-corrected chi connectivity index (χ2v) is 7.95. The lowest BCUT2D eigenvalue weighted by atomic mass is 10.0. The molecule has 0 unspecified atom stereocenters. The monoisotopic (exact) mass is 497 g/mol. The van der Waals surface area contributed by atoms with Crippen molar-refractivity contribution in [2.45, 2.75) is 6.61 Å². The van der Waals surface area contributed by atoms with Gasteiger partial charge in [-0.25, -0.2) is 9.78 Å². The SMILES string of the molecule is COc1ccc(-c2cc(C(=O)OCc3nc(-c4ccc(OC)cc4OC)no3)c3ccccc3n2)cc1. The summed E-state index contributed by atoms with van der Waals surface area (Å²) in [5, 5.41) is 4.68. The molecule has 37 heavy (non-hydrogen) atoms. The van der Waals surface area contributed by atoms with Crippen LogP contribution in [0.25, 0.3) is 33.5 Å². The molecule has 0 atom stereocenters. The highest BCUT2D eigenvalue weighted by molar-refractivity contribution is 6.04.